The molecule has 2 aliphatic rings. The second kappa shape index (κ2) is 9.69. The summed E-state index contributed by atoms with van der Waals surface area (Å²) >= 11 is 0. The van der Waals surface area contributed by atoms with E-state index in [1.807, 2.05) is 54.6 Å². The minimum absolute atomic E-state index is 0.0378. The van der Waals surface area contributed by atoms with Crippen LogP contribution in [0.25, 0.3) is 6.08 Å². The predicted molar refractivity (Wildman–Crippen MR) is 118 cm³/mol. The number of hydrogen-bond donors (Lipinski definition) is 1. The van der Waals surface area contributed by atoms with Gasteiger partial charge in [-0.05, 0) is 48.6 Å². The summed E-state index contributed by atoms with van der Waals surface area (Å²) in [5, 5.41) is 2.93. The van der Waals surface area contributed by atoms with Crippen LogP contribution in [0.5, 0.6) is 5.75 Å². The number of amides is 2. The topological polar surface area (TPSA) is 67.9 Å². The lowest BCUT2D eigenvalue weighted by Crippen LogP contribution is -2.57. The van der Waals surface area contributed by atoms with E-state index in [0.29, 0.717) is 12.3 Å². The van der Waals surface area contributed by atoms with E-state index < -0.39 is 0 Å². The molecular weight excluding hydrogens is 392 g/mol. The van der Waals surface area contributed by atoms with Crippen LogP contribution in [0.1, 0.15) is 36.8 Å². The van der Waals surface area contributed by atoms with Crippen LogP contribution in [0.15, 0.2) is 60.4 Å². The van der Waals surface area contributed by atoms with Gasteiger partial charge >= 0.3 is 0 Å². The molecule has 1 aliphatic carbocycles. The van der Waals surface area contributed by atoms with Gasteiger partial charge < -0.3 is 19.7 Å². The smallest absolute Gasteiger partial charge is 0.289 e. The van der Waals surface area contributed by atoms with Gasteiger partial charge in [-0.1, -0.05) is 48.9 Å². The maximum absolute atomic E-state index is 13.2. The van der Waals surface area contributed by atoms with Crippen LogP contribution in [0.4, 0.5) is 0 Å². The van der Waals surface area contributed by atoms with E-state index >= 15 is 0 Å². The third-order valence-electron chi connectivity index (χ3n) is 5.88. The summed E-state index contributed by atoms with van der Waals surface area (Å²) in [7, 11) is 1.62. The summed E-state index contributed by atoms with van der Waals surface area (Å²) in [4.78, 5) is 27.6. The number of hydrogen-bond acceptors (Lipinski definition) is 4. The van der Waals surface area contributed by atoms with Gasteiger partial charge in [0.2, 0.25) is 5.91 Å². The molecule has 1 saturated heterocycles. The van der Waals surface area contributed by atoms with Crippen molar-refractivity contribution in [2.45, 2.75) is 44.4 Å². The Hall–Kier alpha value is -3.28. The summed E-state index contributed by atoms with van der Waals surface area (Å²) in [5.41, 5.74) is 1.88. The zero-order valence-corrected chi connectivity index (χ0v) is 17.8. The van der Waals surface area contributed by atoms with E-state index in [-0.39, 0.29) is 30.5 Å². The lowest BCUT2D eigenvalue weighted by atomic mass is 9.89. The zero-order valence-electron chi connectivity index (χ0n) is 17.8. The quantitative estimate of drug-likeness (QED) is 0.726. The van der Waals surface area contributed by atoms with Crippen molar-refractivity contribution in [1.82, 2.24) is 10.2 Å². The van der Waals surface area contributed by atoms with E-state index in [1.165, 1.54) is 0 Å². The molecular formula is C25H28N2O4. The highest BCUT2D eigenvalue weighted by atomic mass is 16.5. The van der Waals surface area contributed by atoms with Gasteiger partial charge in [-0.3, -0.25) is 9.59 Å². The molecule has 6 heteroatoms. The molecule has 1 aliphatic heterocycles. The number of carbonyl (C=O) groups is 2. The molecule has 2 aromatic rings. The second-order valence-corrected chi connectivity index (χ2v) is 7.99. The summed E-state index contributed by atoms with van der Waals surface area (Å²) in [6.07, 6.45) is 5.54. The largest absolute Gasteiger partial charge is 0.497 e. The normalized spacial score (nSPS) is 21.9. The van der Waals surface area contributed by atoms with Crippen molar-refractivity contribution >= 4 is 17.9 Å². The maximum atomic E-state index is 13.2. The Bertz CT molecular complexity index is 940. The molecule has 2 aromatic carbocycles. The molecule has 2 amide bonds. The molecule has 162 valence electrons. The van der Waals surface area contributed by atoms with Crippen LogP contribution >= 0.6 is 0 Å². The number of nitrogens with one attached hydrogen (secondary N) is 1. The highest BCUT2D eigenvalue weighted by Gasteiger charge is 2.42. The molecule has 0 spiro atoms. The van der Waals surface area contributed by atoms with Crippen LogP contribution in [-0.4, -0.2) is 42.5 Å². The number of ether oxygens (including phenoxy) is 2. The molecule has 6 nitrogen and oxygen atoms in total. The van der Waals surface area contributed by atoms with Gasteiger partial charge in [-0.25, -0.2) is 0 Å². The Balaban J connectivity index is 1.49. The Morgan fingerprint density at radius 1 is 1.13 bits per heavy atom. The number of rotatable bonds is 6. The van der Waals surface area contributed by atoms with Crippen molar-refractivity contribution in [3.63, 3.8) is 0 Å². The SMILES string of the molecule is COc1ccc(/C=C2\OC3CCCCC3N(CC(=O)NCc3ccccc3)C2=O)cc1. The Morgan fingerprint density at radius 3 is 2.61 bits per heavy atom. The van der Waals surface area contributed by atoms with Crippen molar-refractivity contribution in [2.75, 3.05) is 13.7 Å². The molecule has 1 N–H and O–H groups in total. The molecule has 31 heavy (non-hydrogen) atoms. The van der Waals surface area contributed by atoms with Crippen molar-refractivity contribution < 1.29 is 19.1 Å². The van der Waals surface area contributed by atoms with Crippen LogP contribution < -0.4 is 10.1 Å². The third kappa shape index (κ3) is 5.08. The molecule has 2 fully saturated rings. The van der Waals surface area contributed by atoms with Crippen LogP contribution in [0.3, 0.4) is 0 Å². The first kappa shape index (κ1) is 21.0. The highest BCUT2D eigenvalue weighted by Crippen LogP contribution is 2.33. The number of morpholine rings is 1. The molecule has 1 saturated carbocycles. The van der Waals surface area contributed by atoms with Gasteiger partial charge in [-0.2, -0.15) is 0 Å². The van der Waals surface area contributed by atoms with Gasteiger partial charge in [0, 0.05) is 6.54 Å². The standard InChI is InChI=1S/C25H28N2O4/c1-30-20-13-11-18(12-14-20)15-23-25(29)27(21-9-5-6-10-22(21)31-23)17-24(28)26-16-19-7-3-2-4-8-19/h2-4,7-8,11-15,21-22H,5-6,9-10,16-17H2,1H3,(H,26,28)/b23-15-. The van der Waals surface area contributed by atoms with Crippen molar-refractivity contribution in [2.24, 2.45) is 0 Å². The molecule has 1 heterocycles. The number of fused-ring (bicyclic) bond motifs is 1. The lowest BCUT2D eigenvalue weighted by Gasteiger charge is -2.44. The Kier molecular flexibility index (Phi) is 6.55. The number of nitrogens with zero attached hydrogens (tertiary/aromatic N) is 1. The van der Waals surface area contributed by atoms with Gasteiger partial charge in [-0.15, -0.1) is 0 Å². The van der Waals surface area contributed by atoms with Crippen LogP contribution in [0.2, 0.25) is 0 Å². The van der Waals surface area contributed by atoms with E-state index in [0.717, 1.165) is 42.6 Å². The minimum Gasteiger partial charge on any atom is -0.497 e. The number of carbonyl (C=O) groups excluding carboxylic acids is 2. The van der Waals surface area contributed by atoms with E-state index in [4.69, 9.17) is 9.47 Å². The van der Waals surface area contributed by atoms with E-state index in [2.05, 4.69) is 5.32 Å². The number of benzene rings is 2. The molecule has 2 atom stereocenters. The third-order valence-corrected chi connectivity index (χ3v) is 5.88. The van der Waals surface area contributed by atoms with Crippen molar-refractivity contribution in [1.29, 1.82) is 0 Å². The minimum atomic E-state index is -0.228. The van der Waals surface area contributed by atoms with Crippen molar-refractivity contribution in [3.8, 4) is 5.75 Å². The molecule has 0 radical (unpaired) electrons. The fraction of sp³-hybridized carbons (Fsp3) is 0.360. The average Bonchev–Trinajstić information content (AvgIpc) is 2.81. The maximum Gasteiger partial charge on any atom is 0.289 e. The Labute approximate surface area is 182 Å². The fourth-order valence-electron chi connectivity index (χ4n) is 4.22. The summed E-state index contributed by atoms with van der Waals surface area (Å²) in [5.74, 6) is 0.660. The predicted octanol–water partition coefficient (Wildman–Crippen LogP) is 3.52. The average molecular weight is 421 g/mol. The monoisotopic (exact) mass is 420 g/mol. The summed E-state index contributed by atoms with van der Waals surface area (Å²) in [6.45, 7) is 0.483. The van der Waals surface area contributed by atoms with Gasteiger partial charge in [0.15, 0.2) is 5.76 Å². The molecule has 0 aromatic heterocycles. The van der Waals surface area contributed by atoms with Crippen LogP contribution in [-0.2, 0) is 20.9 Å². The van der Waals surface area contributed by atoms with Gasteiger partial charge in [0.25, 0.3) is 5.91 Å². The Morgan fingerprint density at radius 2 is 1.87 bits per heavy atom. The molecule has 0 bridgehead atoms. The van der Waals surface area contributed by atoms with E-state index in [1.54, 1.807) is 18.1 Å². The first-order valence-corrected chi connectivity index (χ1v) is 10.8. The zero-order chi connectivity index (χ0) is 21.6. The lowest BCUT2D eigenvalue weighted by molar-refractivity contribution is -0.151. The van der Waals surface area contributed by atoms with Crippen molar-refractivity contribution in [3.05, 3.63) is 71.5 Å². The highest BCUT2D eigenvalue weighted by molar-refractivity contribution is 5.98. The second-order valence-electron chi connectivity index (χ2n) is 7.99. The van der Waals surface area contributed by atoms with E-state index in [9.17, 15) is 9.59 Å². The van der Waals surface area contributed by atoms with Gasteiger partial charge in [0.05, 0.1) is 13.2 Å². The first-order valence-electron chi connectivity index (χ1n) is 10.8. The van der Waals surface area contributed by atoms with Gasteiger partial charge in [0.1, 0.15) is 18.4 Å². The first-order chi connectivity index (χ1) is 15.1. The molecule has 4 rings (SSSR count). The number of methoxy groups -OCH3 is 1. The molecule has 2 unspecified atom stereocenters. The summed E-state index contributed by atoms with van der Waals surface area (Å²) < 4.78 is 11.3. The summed E-state index contributed by atoms with van der Waals surface area (Å²) in [6, 6.07) is 17.1. The van der Waals surface area contributed by atoms with Crippen LogP contribution in [0, 0.1) is 0 Å². The fourth-order valence-corrected chi connectivity index (χ4v) is 4.22.